The third-order valence-electron chi connectivity index (χ3n) is 4.78. The number of nitrogens with one attached hydrogen (secondary N) is 2. The first-order valence-electron chi connectivity index (χ1n) is 8.37. The van der Waals surface area contributed by atoms with Crippen LogP contribution in [0.25, 0.3) is 0 Å². The summed E-state index contributed by atoms with van der Waals surface area (Å²) in [4.78, 5) is 14.8. The number of amides is 1. The molecule has 0 aliphatic carbocycles. The van der Waals surface area contributed by atoms with E-state index in [0.717, 1.165) is 36.8 Å². The topological polar surface area (TPSA) is 44.4 Å². The molecule has 2 rings (SSSR count). The van der Waals surface area contributed by atoms with Crippen LogP contribution < -0.4 is 10.6 Å². The Morgan fingerprint density at radius 1 is 1.32 bits per heavy atom. The van der Waals surface area contributed by atoms with Crippen LogP contribution in [0, 0.1) is 12.8 Å². The molecule has 1 aliphatic heterocycles. The normalized spacial score (nSPS) is 18.1. The van der Waals surface area contributed by atoms with Crippen LogP contribution in [-0.4, -0.2) is 43.5 Å². The Hall–Kier alpha value is -1.39. The SMILES string of the molecule is CNCCC1CCN(C(C)C(=O)Nc2ccccc2C)CC1. The maximum Gasteiger partial charge on any atom is 0.241 e. The standard InChI is InChI=1S/C18H29N3O/c1-14-6-4-5-7-17(14)20-18(22)15(2)21-12-9-16(10-13-21)8-11-19-3/h4-7,15-16,19H,8-13H2,1-3H3,(H,20,22). The number of anilines is 1. The van der Waals surface area contributed by atoms with Gasteiger partial charge in [0.2, 0.25) is 5.91 Å². The van der Waals surface area contributed by atoms with Gasteiger partial charge < -0.3 is 10.6 Å². The Balaban J connectivity index is 1.83. The number of aryl methyl sites for hydroxylation is 1. The van der Waals surface area contributed by atoms with E-state index in [-0.39, 0.29) is 11.9 Å². The summed E-state index contributed by atoms with van der Waals surface area (Å²) in [6.45, 7) is 7.18. The van der Waals surface area contributed by atoms with E-state index < -0.39 is 0 Å². The van der Waals surface area contributed by atoms with Crippen LogP contribution in [-0.2, 0) is 4.79 Å². The molecule has 0 aromatic heterocycles. The van der Waals surface area contributed by atoms with E-state index in [4.69, 9.17) is 0 Å². The molecule has 0 spiro atoms. The Morgan fingerprint density at radius 2 is 2.00 bits per heavy atom. The molecule has 2 N–H and O–H groups in total. The molecule has 0 bridgehead atoms. The van der Waals surface area contributed by atoms with Gasteiger partial charge in [-0.25, -0.2) is 0 Å². The maximum atomic E-state index is 12.5. The monoisotopic (exact) mass is 303 g/mol. The Morgan fingerprint density at radius 3 is 2.64 bits per heavy atom. The number of piperidine rings is 1. The molecule has 0 radical (unpaired) electrons. The van der Waals surface area contributed by atoms with E-state index in [1.54, 1.807) is 0 Å². The molecule has 1 aliphatic rings. The largest absolute Gasteiger partial charge is 0.324 e. The van der Waals surface area contributed by atoms with Crippen molar-refractivity contribution in [2.75, 3.05) is 32.0 Å². The molecule has 1 unspecified atom stereocenters. The molecule has 1 fully saturated rings. The van der Waals surface area contributed by atoms with E-state index in [0.29, 0.717) is 0 Å². The lowest BCUT2D eigenvalue weighted by Crippen LogP contribution is -2.46. The van der Waals surface area contributed by atoms with Gasteiger partial charge in [0, 0.05) is 5.69 Å². The lowest BCUT2D eigenvalue weighted by Gasteiger charge is -2.35. The van der Waals surface area contributed by atoms with Crippen LogP contribution in [0.4, 0.5) is 5.69 Å². The van der Waals surface area contributed by atoms with Gasteiger partial charge in [-0.05, 0) is 77.3 Å². The van der Waals surface area contributed by atoms with Gasteiger partial charge >= 0.3 is 0 Å². The number of likely N-dealkylation sites (tertiary alicyclic amines) is 1. The molecule has 1 heterocycles. The van der Waals surface area contributed by atoms with Crippen LogP contribution in [0.2, 0.25) is 0 Å². The fraction of sp³-hybridized carbons (Fsp3) is 0.611. The number of carbonyl (C=O) groups excluding carboxylic acids is 1. The zero-order valence-corrected chi connectivity index (χ0v) is 14.1. The van der Waals surface area contributed by atoms with E-state index >= 15 is 0 Å². The summed E-state index contributed by atoms with van der Waals surface area (Å²) < 4.78 is 0. The van der Waals surface area contributed by atoms with Crippen molar-refractivity contribution >= 4 is 11.6 Å². The van der Waals surface area contributed by atoms with Crippen LogP contribution in [0.5, 0.6) is 0 Å². The minimum Gasteiger partial charge on any atom is -0.324 e. The molecule has 122 valence electrons. The highest BCUT2D eigenvalue weighted by atomic mass is 16.2. The quantitative estimate of drug-likeness (QED) is 0.849. The molecular weight excluding hydrogens is 274 g/mol. The summed E-state index contributed by atoms with van der Waals surface area (Å²) in [6, 6.07) is 7.87. The Bertz CT molecular complexity index is 481. The molecule has 22 heavy (non-hydrogen) atoms. The highest BCUT2D eigenvalue weighted by Gasteiger charge is 2.26. The highest BCUT2D eigenvalue weighted by molar-refractivity contribution is 5.95. The Kier molecular flexibility index (Phi) is 6.40. The van der Waals surface area contributed by atoms with Crippen LogP contribution in [0.3, 0.4) is 0 Å². The van der Waals surface area contributed by atoms with Gasteiger partial charge in [-0.3, -0.25) is 9.69 Å². The Labute approximate surface area is 134 Å². The number of benzene rings is 1. The fourth-order valence-electron chi connectivity index (χ4n) is 3.09. The first-order chi connectivity index (χ1) is 10.6. The van der Waals surface area contributed by atoms with Crippen molar-refractivity contribution < 1.29 is 4.79 Å². The average Bonchev–Trinajstić information content (AvgIpc) is 2.55. The lowest BCUT2D eigenvalue weighted by atomic mass is 9.93. The van der Waals surface area contributed by atoms with Crippen LogP contribution >= 0.6 is 0 Å². The number of nitrogens with zero attached hydrogens (tertiary/aromatic N) is 1. The molecule has 1 aromatic carbocycles. The van der Waals surface area contributed by atoms with E-state index in [1.165, 1.54) is 19.3 Å². The smallest absolute Gasteiger partial charge is 0.241 e. The maximum absolute atomic E-state index is 12.5. The fourth-order valence-corrected chi connectivity index (χ4v) is 3.09. The van der Waals surface area contributed by atoms with Gasteiger partial charge in [0.05, 0.1) is 6.04 Å². The summed E-state index contributed by atoms with van der Waals surface area (Å²) in [5.41, 5.74) is 2.03. The van der Waals surface area contributed by atoms with Crippen LogP contribution in [0.15, 0.2) is 24.3 Å². The van der Waals surface area contributed by atoms with Crippen molar-refractivity contribution in [2.24, 2.45) is 5.92 Å². The second-order valence-corrected chi connectivity index (χ2v) is 6.35. The summed E-state index contributed by atoms with van der Waals surface area (Å²) >= 11 is 0. The minimum absolute atomic E-state index is 0.0649. The number of rotatable bonds is 6. The molecule has 1 saturated heterocycles. The molecule has 0 saturated carbocycles. The average molecular weight is 303 g/mol. The van der Waals surface area contributed by atoms with Gasteiger partial charge in [-0.1, -0.05) is 18.2 Å². The van der Waals surface area contributed by atoms with E-state index in [2.05, 4.69) is 15.5 Å². The predicted octanol–water partition coefficient (Wildman–Crippen LogP) is 2.64. The molecule has 1 amide bonds. The van der Waals surface area contributed by atoms with Gasteiger partial charge in [0.25, 0.3) is 0 Å². The third-order valence-corrected chi connectivity index (χ3v) is 4.78. The third kappa shape index (κ3) is 4.55. The molecule has 4 nitrogen and oxygen atoms in total. The predicted molar refractivity (Wildman–Crippen MR) is 92.1 cm³/mol. The van der Waals surface area contributed by atoms with E-state index in [9.17, 15) is 4.79 Å². The second kappa shape index (κ2) is 8.30. The van der Waals surface area contributed by atoms with Gasteiger partial charge in [-0.2, -0.15) is 0 Å². The molecule has 1 atom stereocenters. The second-order valence-electron chi connectivity index (χ2n) is 6.35. The minimum atomic E-state index is -0.0649. The number of carbonyl (C=O) groups is 1. The number of para-hydroxylation sites is 1. The van der Waals surface area contributed by atoms with Gasteiger partial charge in [0.1, 0.15) is 0 Å². The van der Waals surface area contributed by atoms with Crippen LogP contribution in [0.1, 0.15) is 31.7 Å². The van der Waals surface area contributed by atoms with Crippen molar-refractivity contribution in [3.05, 3.63) is 29.8 Å². The van der Waals surface area contributed by atoms with E-state index in [1.807, 2.05) is 45.2 Å². The van der Waals surface area contributed by atoms with Gasteiger partial charge in [0.15, 0.2) is 0 Å². The summed E-state index contributed by atoms with van der Waals surface area (Å²) in [5.74, 6) is 0.901. The summed E-state index contributed by atoms with van der Waals surface area (Å²) in [7, 11) is 2.01. The first-order valence-corrected chi connectivity index (χ1v) is 8.37. The summed E-state index contributed by atoms with van der Waals surface area (Å²) in [6.07, 6.45) is 3.64. The number of hydrogen-bond donors (Lipinski definition) is 2. The van der Waals surface area contributed by atoms with Crippen molar-refractivity contribution in [2.45, 2.75) is 39.2 Å². The lowest BCUT2D eigenvalue weighted by molar-refractivity contribution is -0.121. The van der Waals surface area contributed by atoms with Crippen molar-refractivity contribution in [1.82, 2.24) is 10.2 Å². The van der Waals surface area contributed by atoms with Crippen molar-refractivity contribution in [3.63, 3.8) is 0 Å². The zero-order chi connectivity index (χ0) is 15.9. The van der Waals surface area contributed by atoms with Crippen molar-refractivity contribution in [3.8, 4) is 0 Å². The van der Waals surface area contributed by atoms with Gasteiger partial charge in [-0.15, -0.1) is 0 Å². The summed E-state index contributed by atoms with van der Waals surface area (Å²) in [5, 5.41) is 6.28. The molecule has 1 aromatic rings. The molecule has 4 heteroatoms. The first kappa shape index (κ1) is 17.0. The molecular formula is C18H29N3O. The highest BCUT2D eigenvalue weighted by Crippen LogP contribution is 2.22. The zero-order valence-electron chi connectivity index (χ0n) is 14.1. The number of hydrogen-bond acceptors (Lipinski definition) is 3. The van der Waals surface area contributed by atoms with Crippen molar-refractivity contribution in [1.29, 1.82) is 0 Å².